The molecule has 0 radical (unpaired) electrons. The molecule has 1 aliphatic heterocycles. The van der Waals surface area contributed by atoms with Crippen molar-refractivity contribution in [3.63, 3.8) is 0 Å². The van der Waals surface area contributed by atoms with E-state index in [0.717, 1.165) is 36.7 Å². The van der Waals surface area contributed by atoms with E-state index in [1.165, 1.54) is 32.1 Å². The molecule has 1 heterocycles. The molecular weight excluding hydrogens is 238 g/mol. The number of nitrogens with zero attached hydrogens (tertiary/aromatic N) is 1. The second-order valence-corrected chi connectivity index (χ2v) is 5.21. The van der Waals surface area contributed by atoms with E-state index in [0.29, 0.717) is 0 Å². The molecule has 0 saturated heterocycles. The van der Waals surface area contributed by atoms with Gasteiger partial charge in [-0.1, -0.05) is 38.7 Å². The maximum atomic E-state index is 9.24. The van der Waals surface area contributed by atoms with Crippen molar-refractivity contribution in [1.82, 2.24) is 0 Å². The number of hydrogen-bond donors (Lipinski definition) is 1. The highest BCUT2D eigenvalue weighted by molar-refractivity contribution is 5.61. The van der Waals surface area contributed by atoms with Gasteiger partial charge >= 0.3 is 0 Å². The molecular formula is C16H25NO2. The molecule has 0 aliphatic carbocycles. The highest BCUT2D eigenvalue weighted by atomic mass is 16.5. The fourth-order valence-electron chi connectivity index (χ4n) is 2.56. The van der Waals surface area contributed by atoms with Crippen molar-refractivity contribution in [1.29, 1.82) is 0 Å². The topological polar surface area (TPSA) is 32.7 Å². The van der Waals surface area contributed by atoms with Crippen LogP contribution in [0, 0.1) is 0 Å². The summed E-state index contributed by atoms with van der Waals surface area (Å²) in [5, 5.41) is 9.24. The van der Waals surface area contributed by atoms with Gasteiger partial charge in [-0.3, -0.25) is 0 Å². The Hall–Kier alpha value is -1.22. The Bertz CT molecular complexity index is 392. The van der Waals surface area contributed by atoms with Gasteiger partial charge in [-0.05, 0) is 24.1 Å². The van der Waals surface area contributed by atoms with Gasteiger partial charge in [0.25, 0.3) is 0 Å². The Labute approximate surface area is 116 Å². The molecule has 0 atom stereocenters. The first kappa shape index (κ1) is 14.2. The SMILES string of the molecule is CCCCCCCN1CCOc2ccc(CO)cc21. The second kappa shape index (κ2) is 7.39. The van der Waals surface area contributed by atoms with Crippen LogP contribution in [-0.4, -0.2) is 24.8 Å². The number of hydrogen-bond acceptors (Lipinski definition) is 3. The van der Waals surface area contributed by atoms with Crippen molar-refractivity contribution in [3.05, 3.63) is 23.8 Å². The molecule has 19 heavy (non-hydrogen) atoms. The highest BCUT2D eigenvalue weighted by Gasteiger charge is 2.17. The normalized spacial score (nSPS) is 14.1. The molecule has 0 saturated carbocycles. The molecule has 0 aromatic heterocycles. The quantitative estimate of drug-likeness (QED) is 0.766. The minimum Gasteiger partial charge on any atom is -0.490 e. The summed E-state index contributed by atoms with van der Waals surface area (Å²) in [6.45, 7) is 5.15. The first-order valence-corrected chi connectivity index (χ1v) is 7.46. The zero-order chi connectivity index (χ0) is 13.5. The van der Waals surface area contributed by atoms with Gasteiger partial charge in [0.15, 0.2) is 0 Å². The van der Waals surface area contributed by atoms with Crippen molar-refractivity contribution < 1.29 is 9.84 Å². The van der Waals surface area contributed by atoms with Gasteiger partial charge in [-0.2, -0.15) is 0 Å². The summed E-state index contributed by atoms with van der Waals surface area (Å²) < 4.78 is 5.67. The van der Waals surface area contributed by atoms with Gasteiger partial charge in [-0.25, -0.2) is 0 Å². The van der Waals surface area contributed by atoms with Gasteiger partial charge in [0.2, 0.25) is 0 Å². The zero-order valence-electron chi connectivity index (χ0n) is 11.9. The molecule has 1 N–H and O–H groups in total. The number of aliphatic hydroxyl groups is 1. The molecule has 0 unspecified atom stereocenters. The predicted octanol–water partition coefficient (Wildman–Crippen LogP) is 3.35. The largest absolute Gasteiger partial charge is 0.490 e. The molecule has 0 bridgehead atoms. The number of benzene rings is 1. The van der Waals surface area contributed by atoms with Crippen LogP contribution in [0.25, 0.3) is 0 Å². The lowest BCUT2D eigenvalue weighted by atomic mass is 10.1. The van der Waals surface area contributed by atoms with E-state index in [9.17, 15) is 5.11 Å². The maximum Gasteiger partial charge on any atom is 0.142 e. The molecule has 106 valence electrons. The lowest BCUT2D eigenvalue weighted by Gasteiger charge is -2.31. The van der Waals surface area contributed by atoms with Gasteiger partial charge < -0.3 is 14.7 Å². The van der Waals surface area contributed by atoms with Crippen LogP contribution in [0.3, 0.4) is 0 Å². The van der Waals surface area contributed by atoms with E-state index in [-0.39, 0.29) is 6.61 Å². The van der Waals surface area contributed by atoms with Gasteiger partial charge in [0, 0.05) is 6.54 Å². The molecule has 3 heteroatoms. The van der Waals surface area contributed by atoms with Crippen molar-refractivity contribution in [2.75, 3.05) is 24.6 Å². The molecule has 2 rings (SSSR count). The number of aliphatic hydroxyl groups excluding tert-OH is 1. The Morgan fingerprint density at radius 2 is 2.05 bits per heavy atom. The molecule has 1 aliphatic rings. The van der Waals surface area contributed by atoms with E-state index in [1.54, 1.807) is 0 Å². The average Bonchev–Trinajstić information content (AvgIpc) is 2.46. The zero-order valence-corrected chi connectivity index (χ0v) is 11.9. The molecule has 0 fully saturated rings. The Morgan fingerprint density at radius 3 is 2.84 bits per heavy atom. The van der Waals surface area contributed by atoms with Gasteiger partial charge in [0.1, 0.15) is 12.4 Å². The summed E-state index contributed by atoms with van der Waals surface area (Å²) in [6.07, 6.45) is 6.52. The van der Waals surface area contributed by atoms with Gasteiger partial charge in [0.05, 0.1) is 18.8 Å². The summed E-state index contributed by atoms with van der Waals surface area (Å²) in [4.78, 5) is 2.39. The fraction of sp³-hybridized carbons (Fsp3) is 0.625. The number of anilines is 1. The maximum absolute atomic E-state index is 9.24. The van der Waals surface area contributed by atoms with E-state index in [2.05, 4.69) is 17.9 Å². The van der Waals surface area contributed by atoms with Crippen molar-refractivity contribution in [3.8, 4) is 5.75 Å². The Morgan fingerprint density at radius 1 is 1.21 bits per heavy atom. The molecule has 0 spiro atoms. The molecule has 1 aromatic carbocycles. The van der Waals surface area contributed by atoms with E-state index in [4.69, 9.17) is 4.74 Å². The molecule has 3 nitrogen and oxygen atoms in total. The smallest absolute Gasteiger partial charge is 0.142 e. The fourth-order valence-corrected chi connectivity index (χ4v) is 2.56. The van der Waals surface area contributed by atoms with Crippen LogP contribution < -0.4 is 9.64 Å². The first-order valence-electron chi connectivity index (χ1n) is 7.46. The third-order valence-corrected chi connectivity index (χ3v) is 3.70. The molecule has 1 aromatic rings. The highest BCUT2D eigenvalue weighted by Crippen LogP contribution is 2.32. The number of rotatable bonds is 7. The Balaban J connectivity index is 1.92. The Kier molecular flexibility index (Phi) is 5.52. The van der Waals surface area contributed by atoms with Crippen LogP contribution in [0.5, 0.6) is 5.75 Å². The first-order chi connectivity index (χ1) is 9.35. The van der Waals surface area contributed by atoms with Gasteiger partial charge in [-0.15, -0.1) is 0 Å². The minimum atomic E-state index is 0.0949. The summed E-state index contributed by atoms with van der Waals surface area (Å²) in [7, 11) is 0. The van der Waals surface area contributed by atoms with Crippen LogP contribution in [0.2, 0.25) is 0 Å². The van der Waals surface area contributed by atoms with Crippen LogP contribution >= 0.6 is 0 Å². The summed E-state index contributed by atoms with van der Waals surface area (Å²) in [5.74, 6) is 0.956. The van der Waals surface area contributed by atoms with Crippen molar-refractivity contribution >= 4 is 5.69 Å². The summed E-state index contributed by atoms with van der Waals surface area (Å²) in [5.41, 5.74) is 2.11. The van der Waals surface area contributed by atoms with Crippen LogP contribution in [0.1, 0.15) is 44.6 Å². The molecule has 0 amide bonds. The standard InChI is InChI=1S/C16H25NO2/c1-2-3-4-5-6-9-17-10-11-19-16-8-7-14(13-18)12-15(16)17/h7-8,12,18H,2-6,9-11,13H2,1H3. The summed E-state index contributed by atoms with van der Waals surface area (Å²) >= 11 is 0. The number of ether oxygens (including phenoxy) is 1. The average molecular weight is 263 g/mol. The lowest BCUT2D eigenvalue weighted by molar-refractivity contribution is 0.280. The van der Waals surface area contributed by atoms with Crippen molar-refractivity contribution in [2.24, 2.45) is 0 Å². The second-order valence-electron chi connectivity index (χ2n) is 5.21. The van der Waals surface area contributed by atoms with E-state index in [1.807, 2.05) is 12.1 Å². The van der Waals surface area contributed by atoms with E-state index < -0.39 is 0 Å². The summed E-state index contributed by atoms with van der Waals surface area (Å²) in [6, 6.07) is 5.97. The lowest BCUT2D eigenvalue weighted by Crippen LogP contribution is -2.33. The third-order valence-electron chi connectivity index (χ3n) is 3.70. The number of unbranched alkanes of at least 4 members (excludes halogenated alkanes) is 4. The van der Waals surface area contributed by atoms with Crippen LogP contribution in [0.15, 0.2) is 18.2 Å². The third kappa shape index (κ3) is 3.87. The predicted molar refractivity (Wildman–Crippen MR) is 78.8 cm³/mol. The minimum absolute atomic E-state index is 0.0949. The van der Waals surface area contributed by atoms with Crippen molar-refractivity contribution in [2.45, 2.75) is 45.6 Å². The monoisotopic (exact) mass is 263 g/mol. The van der Waals surface area contributed by atoms with Crippen LogP contribution in [0.4, 0.5) is 5.69 Å². The number of fused-ring (bicyclic) bond motifs is 1. The van der Waals surface area contributed by atoms with E-state index >= 15 is 0 Å². The van der Waals surface area contributed by atoms with Crippen LogP contribution in [-0.2, 0) is 6.61 Å².